The first-order valence-corrected chi connectivity index (χ1v) is 9.36. The van der Waals surface area contributed by atoms with Crippen LogP contribution in [-0.4, -0.2) is 6.54 Å². The van der Waals surface area contributed by atoms with Crippen molar-refractivity contribution in [1.82, 2.24) is 5.32 Å². The maximum absolute atomic E-state index is 6.23. The molecule has 1 aromatic carbocycles. The van der Waals surface area contributed by atoms with Crippen LogP contribution in [0, 0.1) is 9.49 Å². The SMILES string of the molecule is CCCNC(c1cc(Cl)ccc1I)C1CCCCCC1. The van der Waals surface area contributed by atoms with Crippen LogP contribution in [0.3, 0.4) is 0 Å². The summed E-state index contributed by atoms with van der Waals surface area (Å²) in [6.45, 7) is 3.32. The molecule has 0 aliphatic heterocycles. The van der Waals surface area contributed by atoms with Gasteiger partial charge in [-0.3, -0.25) is 0 Å². The predicted octanol–water partition coefficient (Wildman–Crippen LogP) is 5.96. The zero-order valence-electron chi connectivity index (χ0n) is 12.3. The van der Waals surface area contributed by atoms with Crippen molar-refractivity contribution >= 4 is 34.2 Å². The molecule has 1 fully saturated rings. The molecule has 1 saturated carbocycles. The lowest BCUT2D eigenvalue weighted by atomic mass is 9.87. The molecule has 2 rings (SSSR count). The minimum Gasteiger partial charge on any atom is -0.310 e. The fraction of sp³-hybridized carbons (Fsp3) is 0.647. The van der Waals surface area contributed by atoms with Crippen molar-refractivity contribution in [3.05, 3.63) is 32.4 Å². The Hall–Kier alpha value is 0.200. The number of benzene rings is 1. The van der Waals surface area contributed by atoms with Crippen molar-refractivity contribution in [1.29, 1.82) is 0 Å². The first-order valence-electron chi connectivity index (χ1n) is 7.90. The Labute approximate surface area is 142 Å². The van der Waals surface area contributed by atoms with E-state index in [0.717, 1.165) is 17.5 Å². The molecule has 1 aliphatic rings. The third kappa shape index (κ3) is 4.60. The molecule has 1 atom stereocenters. The molecule has 0 saturated heterocycles. The minimum absolute atomic E-state index is 0.471. The second-order valence-corrected chi connectivity index (χ2v) is 7.45. The summed E-state index contributed by atoms with van der Waals surface area (Å²) in [6.07, 6.45) is 9.46. The second-order valence-electron chi connectivity index (χ2n) is 5.85. The van der Waals surface area contributed by atoms with Gasteiger partial charge in [0.1, 0.15) is 0 Å². The number of hydrogen-bond donors (Lipinski definition) is 1. The molecule has 0 radical (unpaired) electrons. The highest BCUT2D eigenvalue weighted by Crippen LogP contribution is 2.36. The van der Waals surface area contributed by atoms with Gasteiger partial charge in [0.05, 0.1) is 0 Å². The van der Waals surface area contributed by atoms with Crippen molar-refractivity contribution in [2.24, 2.45) is 5.92 Å². The van der Waals surface area contributed by atoms with Gasteiger partial charge in [0, 0.05) is 14.6 Å². The van der Waals surface area contributed by atoms with Gasteiger partial charge in [-0.2, -0.15) is 0 Å². The molecule has 0 aromatic heterocycles. The molecule has 1 nitrogen and oxygen atoms in total. The van der Waals surface area contributed by atoms with Gasteiger partial charge in [0.15, 0.2) is 0 Å². The Morgan fingerprint density at radius 2 is 1.95 bits per heavy atom. The maximum atomic E-state index is 6.23. The normalized spacial score (nSPS) is 18.8. The number of hydrogen-bond acceptors (Lipinski definition) is 1. The molecule has 0 heterocycles. The van der Waals surface area contributed by atoms with Crippen LogP contribution in [0.15, 0.2) is 18.2 Å². The van der Waals surface area contributed by atoms with Crippen LogP contribution >= 0.6 is 34.2 Å². The monoisotopic (exact) mass is 405 g/mol. The minimum atomic E-state index is 0.471. The van der Waals surface area contributed by atoms with E-state index >= 15 is 0 Å². The highest BCUT2D eigenvalue weighted by atomic mass is 127. The van der Waals surface area contributed by atoms with E-state index in [4.69, 9.17) is 11.6 Å². The zero-order chi connectivity index (χ0) is 14.4. The summed E-state index contributed by atoms with van der Waals surface area (Å²) in [7, 11) is 0. The second kappa shape index (κ2) is 8.60. The van der Waals surface area contributed by atoms with Crippen molar-refractivity contribution in [2.75, 3.05) is 6.54 Å². The van der Waals surface area contributed by atoms with E-state index in [0.29, 0.717) is 6.04 Å². The van der Waals surface area contributed by atoms with Crippen molar-refractivity contribution < 1.29 is 0 Å². The Bertz CT molecular complexity index is 413. The Morgan fingerprint density at radius 1 is 1.25 bits per heavy atom. The molecule has 0 amide bonds. The molecule has 1 aliphatic carbocycles. The lowest BCUT2D eigenvalue weighted by Crippen LogP contribution is -2.29. The van der Waals surface area contributed by atoms with Crippen LogP contribution < -0.4 is 5.32 Å². The molecule has 1 aromatic rings. The molecule has 0 bridgehead atoms. The third-order valence-corrected chi connectivity index (χ3v) is 5.50. The van der Waals surface area contributed by atoms with Gasteiger partial charge in [-0.05, 0) is 78.1 Å². The standard InChI is InChI=1S/C17H25ClIN/c1-2-11-20-17(13-7-5-3-4-6-8-13)15-12-14(18)9-10-16(15)19/h9-10,12-13,17,20H,2-8,11H2,1H3. The average molecular weight is 406 g/mol. The molecular formula is C17H25ClIN. The van der Waals surface area contributed by atoms with Gasteiger partial charge in [0.2, 0.25) is 0 Å². The molecule has 3 heteroatoms. The number of nitrogens with one attached hydrogen (secondary N) is 1. The highest BCUT2D eigenvalue weighted by molar-refractivity contribution is 14.1. The Kier molecular flexibility index (Phi) is 7.12. The van der Waals surface area contributed by atoms with Crippen LogP contribution in [0.5, 0.6) is 0 Å². The number of rotatable bonds is 5. The molecular weight excluding hydrogens is 381 g/mol. The van der Waals surface area contributed by atoms with Crippen molar-refractivity contribution in [3.8, 4) is 0 Å². The van der Waals surface area contributed by atoms with Gasteiger partial charge < -0.3 is 5.32 Å². The van der Waals surface area contributed by atoms with Gasteiger partial charge in [-0.15, -0.1) is 0 Å². The van der Waals surface area contributed by atoms with Crippen LogP contribution in [0.1, 0.15) is 63.5 Å². The van der Waals surface area contributed by atoms with Crippen LogP contribution in [-0.2, 0) is 0 Å². The van der Waals surface area contributed by atoms with E-state index in [1.165, 1.54) is 54.1 Å². The largest absolute Gasteiger partial charge is 0.310 e. The van der Waals surface area contributed by atoms with Gasteiger partial charge in [0.25, 0.3) is 0 Å². The lowest BCUT2D eigenvalue weighted by molar-refractivity contribution is 0.325. The topological polar surface area (TPSA) is 12.0 Å². The van der Waals surface area contributed by atoms with Crippen molar-refractivity contribution in [3.63, 3.8) is 0 Å². The van der Waals surface area contributed by atoms with E-state index in [-0.39, 0.29) is 0 Å². The summed E-state index contributed by atoms with van der Waals surface area (Å²) in [5, 5.41) is 4.65. The first-order chi connectivity index (χ1) is 9.72. The van der Waals surface area contributed by atoms with Gasteiger partial charge >= 0.3 is 0 Å². The predicted molar refractivity (Wildman–Crippen MR) is 96.4 cm³/mol. The summed E-state index contributed by atoms with van der Waals surface area (Å²) in [5.41, 5.74) is 1.40. The highest BCUT2D eigenvalue weighted by Gasteiger charge is 2.25. The molecule has 20 heavy (non-hydrogen) atoms. The fourth-order valence-corrected chi connectivity index (χ4v) is 4.08. The van der Waals surface area contributed by atoms with Gasteiger partial charge in [-0.25, -0.2) is 0 Å². The molecule has 1 unspecified atom stereocenters. The van der Waals surface area contributed by atoms with Crippen LogP contribution in [0.4, 0.5) is 0 Å². The first kappa shape index (κ1) is 16.6. The third-order valence-electron chi connectivity index (χ3n) is 4.28. The van der Waals surface area contributed by atoms with E-state index in [2.05, 4.69) is 47.0 Å². The zero-order valence-corrected chi connectivity index (χ0v) is 15.2. The average Bonchev–Trinajstić information content (AvgIpc) is 2.72. The fourth-order valence-electron chi connectivity index (χ4n) is 3.23. The molecule has 0 spiro atoms. The van der Waals surface area contributed by atoms with Crippen LogP contribution in [0.25, 0.3) is 0 Å². The Balaban J connectivity index is 2.22. The summed E-state index contributed by atoms with van der Waals surface area (Å²) in [6, 6.07) is 6.78. The quantitative estimate of drug-likeness (QED) is 0.471. The smallest absolute Gasteiger partial charge is 0.0410 e. The van der Waals surface area contributed by atoms with Crippen molar-refractivity contribution in [2.45, 2.75) is 57.9 Å². The van der Waals surface area contributed by atoms with E-state index in [9.17, 15) is 0 Å². The van der Waals surface area contributed by atoms with Crippen LogP contribution in [0.2, 0.25) is 5.02 Å². The molecule has 112 valence electrons. The van der Waals surface area contributed by atoms with Gasteiger partial charge in [-0.1, -0.05) is 44.2 Å². The maximum Gasteiger partial charge on any atom is 0.0410 e. The summed E-state index contributed by atoms with van der Waals surface area (Å²) < 4.78 is 1.34. The number of halogens is 2. The van der Waals surface area contributed by atoms with E-state index < -0.39 is 0 Å². The lowest BCUT2D eigenvalue weighted by Gasteiger charge is -2.29. The summed E-state index contributed by atoms with van der Waals surface area (Å²) in [5.74, 6) is 0.760. The summed E-state index contributed by atoms with van der Waals surface area (Å²) in [4.78, 5) is 0. The Morgan fingerprint density at radius 3 is 2.60 bits per heavy atom. The summed E-state index contributed by atoms with van der Waals surface area (Å²) >= 11 is 8.69. The van der Waals surface area contributed by atoms with E-state index in [1.54, 1.807) is 0 Å². The molecule has 1 N–H and O–H groups in total. The van der Waals surface area contributed by atoms with E-state index in [1.807, 2.05) is 6.07 Å².